The number of nitro groups is 1. The van der Waals surface area contributed by atoms with Crippen molar-refractivity contribution in [2.45, 2.75) is 31.4 Å². The van der Waals surface area contributed by atoms with E-state index in [1.165, 1.54) is 12.1 Å². The Morgan fingerprint density at radius 1 is 1.15 bits per heavy atom. The van der Waals surface area contributed by atoms with Crippen molar-refractivity contribution in [3.05, 3.63) is 69.2 Å². The van der Waals surface area contributed by atoms with Crippen LogP contribution < -0.4 is 4.90 Å². The smallest absolute Gasteiger partial charge is 0.275 e. The molecule has 0 radical (unpaired) electrons. The molecule has 140 valence electrons. The zero-order chi connectivity index (χ0) is 19.0. The molecule has 1 N–H and O–H groups in total. The van der Waals surface area contributed by atoms with E-state index in [0.717, 1.165) is 43.8 Å². The van der Waals surface area contributed by atoms with Gasteiger partial charge in [-0.15, -0.1) is 0 Å². The second-order valence-corrected chi connectivity index (χ2v) is 7.52. The van der Waals surface area contributed by atoms with Gasteiger partial charge in [0, 0.05) is 29.1 Å². The molecule has 0 saturated carbocycles. The Morgan fingerprint density at radius 3 is 2.67 bits per heavy atom. The third kappa shape index (κ3) is 3.19. The lowest BCUT2D eigenvalue weighted by Crippen LogP contribution is -2.47. The number of hydrogen-bond donors (Lipinski definition) is 1. The largest absolute Gasteiger partial charge is 0.346 e. The predicted octanol–water partition coefficient (Wildman–Crippen LogP) is 3.90. The van der Waals surface area contributed by atoms with E-state index in [0.29, 0.717) is 17.1 Å². The SMILES string of the molecule is O=[N+]([O-])c1cccc([C@@]2(O)C[N+]3=C(CCCCC3)N2c2ccc(Cl)cc2)c1. The van der Waals surface area contributed by atoms with Crippen LogP contribution in [0.3, 0.4) is 0 Å². The first-order chi connectivity index (χ1) is 13.0. The highest BCUT2D eigenvalue weighted by molar-refractivity contribution is 6.30. The van der Waals surface area contributed by atoms with Gasteiger partial charge >= 0.3 is 0 Å². The average molecular weight is 387 g/mol. The van der Waals surface area contributed by atoms with E-state index in [4.69, 9.17) is 11.6 Å². The summed E-state index contributed by atoms with van der Waals surface area (Å²) in [6, 6.07) is 13.6. The fraction of sp³-hybridized carbons (Fsp3) is 0.350. The minimum Gasteiger partial charge on any atom is -0.346 e. The zero-order valence-corrected chi connectivity index (χ0v) is 15.6. The summed E-state index contributed by atoms with van der Waals surface area (Å²) in [5, 5.41) is 23.6. The summed E-state index contributed by atoms with van der Waals surface area (Å²) in [4.78, 5) is 12.7. The molecule has 0 aliphatic carbocycles. The molecule has 2 aromatic carbocycles. The summed E-state index contributed by atoms with van der Waals surface area (Å²) >= 11 is 6.05. The monoisotopic (exact) mass is 386 g/mol. The first kappa shape index (κ1) is 17.9. The summed E-state index contributed by atoms with van der Waals surface area (Å²) in [7, 11) is 0. The van der Waals surface area contributed by atoms with Crippen LogP contribution in [0.25, 0.3) is 0 Å². The van der Waals surface area contributed by atoms with Crippen molar-refractivity contribution in [3.8, 4) is 0 Å². The summed E-state index contributed by atoms with van der Waals surface area (Å²) in [6.45, 7) is 1.25. The molecule has 0 amide bonds. The van der Waals surface area contributed by atoms with Crippen molar-refractivity contribution >= 4 is 28.8 Å². The number of nitrogens with zero attached hydrogens (tertiary/aromatic N) is 3. The molecule has 2 heterocycles. The summed E-state index contributed by atoms with van der Waals surface area (Å²) in [5.74, 6) is 1.06. The van der Waals surface area contributed by atoms with E-state index in [-0.39, 0.29) is 5.69 Å². The van der Waals surface area contributed by atoms with Crippen LogP contribution in [0.15, 0.2) is 48.5 Å². The Hall–Kier alpha value is -2.44. The Morgan fingerprint density at radius 2 is 1.93 bits per heavy atom. The van der Waals surface area contributed by atoms with Crippen LogP contribution in [0, 0.1) is 10.1 Å². The maximum atomic E-state index is 11.8. The molecule has 27 heavy (non-hydrogen) atoms. The van der Waals surface area contributed by atoms with Crippen LogP contribution in [-0.2, 0) is 5.72 Å². The Balaban J connectivity index is 1.84. The molecular weight excluding hydrogens is 366 g/mol. The van der Waals surface area contributed by atoms with Gasteiger partial charge in [-0.2, -0.15) is 4.90 Å². The molecule has 0 fully saturated rings. The van der Waals surface area contributed by atoms with E-state index < -0.39 is 10.6 Å². The third-order valence-corrected chi connectivity index (χ3v) is 5.59. The molecule has 0 saturated heterocycles. The van der Waals surface area contributed by atoms with Crippen molar-refractivity contribution in [3.63, 3.8) is 0 Å². The average Bonchev–Trinajstić information content (AvgIpc) is 2.79. The van der Waals surface area contributed by atoms with Crippen molar-refractivity contribution in [1.29, 1.82) is 0 Å². The summed E-state index contributed by atoms with van der Waals surface area (Å²) in [5.41, 5.74) is -0.0453. The molecule has 0 aromatic heterocycles. The Labute approximate surface area is 162 Å². The number of amidine groups is 1. The minimum atomic E-state index is -1.37. The van der Waals surface area contributed by atoms with E-state index >= 15 is 0 Å². The van der Waals surface area contributed by atoms with Gasteiger partial charge in [0.2, 0.25) is 0 Å². The predicted molar refractivity (Wildman–Crippen MR) is 104 cm³/mol. The second-order valence-electron chi connectivity index (χ2n) is 7.08. The van der Waals surface area contributed by atoms with Crippen LogP contribution in [0.2, 0.25) is 5.02 Å². The van der Waals surface area contributed by atoms with Crippen LogP contribution in [0.1, 0.15) is 31.2 Å². The van der Waals surface area contributed by atoms with Gasteiger partial charge in [-0.3, -0.25) is 14.7 Å². The number of rotatable bonds is 3. The highest BCUT2D eigenvalue weighted by atomic mass is 35.5. The number of aliphatic hydroxyl groups is 1. The van der Waals surface area contributed by atoms with Crippen molar-refractivity contribution in [1.82, 2.24) is 0 Å². The Bertz CT molecular complexity index is 913. The standard InChI is InChI=1S/C20H21ClN3O3/c21-16-8-10-17(11-9-16)23-19-7-2-1-3-12-22(19)14-20(23,25)15-5-4-6-18(13-15)24(26)27/h4-6,8-11,13,25H,1-3,7,12,14H2/q+1/t20-/m0/s1. The van der Waals surface area contributed by atoms with E-state index in [2.05, 4.69) is 4.58 Å². The van der Waals surface area contributed by atoms with Crippen molar-refractivity contribution in [2.24, 2.45) is 0 Å². The second kappa shape index (κ2) is 6.94. The highest BCUT2D eigenvalue weighted by Crippen LogP contribution is 2.39. The molecular formula is C20H21ClN3O3+. The lowest BCUT2D eigenvalue weighted by Gasteiger charge is -2.29. The van der Waals surface area contributed by atoms with Crippen molar-refractivity contribution < 1.29 is 14.6 Å². The quantitative estimate of drug-likeness (QED) is 0.493. The molecule has 0 spiro atoms. The van der Waals surface area contributed by atoms with Gasteiger partial charge in [0.15, 0.2) is 6.54 Å². The number of nitro benzene ring substituents is 1. The van der Waals surface area contributed by atoms with Crippen LogP contribution in [-0.4, -0.2) is 33.5 Å². The van der Waals surface area contributed by atoms with E-state index in [9.17, 15) is 15.2 Å². The molecule has 2 aliphatic heterocycles. The first-order valence-electron chi connectivity index (χ1n) is 9.13. The van der Waals surface area contributed by atoms with Crippen LogP contribution in [0.5, 0.6) is 0 Å². The zero-order valence-electron chi connectivity index (χ0n) is 14.8. The number of halogens is 1. The minimum absolute atomic E-state index is 0.0240. The normalized spacial score (nSPS) is 22.5. The van der Waals surface area contributed by atoms with Gasteiger partial charge in [0.25, 0.3) is 17.2 Å². The van der Waals surface area contributed by atoms with Gasteiger partial charge < -0.3 is 5.11 Å². The van der Waals surface area contributed by atoms with Gasteiger partial charge in [-0.25, -0.2) is 0 Å². The molecule has 1 atom stereocenters. The maximum Gasteiger partial charge on any atom is 0.275 e. The molecule has 4 rings (SSSR count). The number of hydrogen-bond acceptors (Lipinski definition) is 4. The number of anilines is 1. The number of non-ortho nitro benzene ring substituents is 1. The van der Waals surface area contributed by atoms with Crippen LogP contribution in [0.4, 0.5) is 11.4 Å². The molecule has 7 heteroatoms. The van der Waals surface area contributed by atoms with E-state index in [1.54, 1.807) is 24.3 Å². The van der Waals surface area contributed by atoms with Gasteiger partial charge in [0.05, 0.1) is 11.5 Å². The van der Waals surface area contributed by atoms with Gasteiger partial charge in [-0.1, -0.05) is 23.7 Å². The lowest BCUT2D eigenvalue weighted by atomic mass is 9.99. The Kier molecular flexibility index (Phi) is 4.61. The van der Waals surface area contributed by atoms with Crippen molar-refractivity contribution in [2.75, 3.05) is 18.0 Å². The molecule has 0 unspecified atom stereocenters. The fourth-order valence-electron chi connectivity index (χ4n) is 4.07. The van der Waals surface area contributed by atoms with E-state index in [1.807, 2.05) is 17.0 Å². The van der Waals surface area contributed by atoms with Gasteiger partial charge in [0.1, 0.15) is 5.69 Å². The molecule has 2 aliphatic rings. The van der Waals surface area contributed by atoms with Gasteiger partial charge in [-0.05, 0) is 43.5 Å². The molecule has 2 aromatic rings. The maximum absolute atomic E-state index is 11.8. The number of benzene rings is 2. The lowest BCUT2D eigenvalue weighted by molar-refractivity contribution is -0.534. The summed E-state index contributed by atoms with van der Waals surface area (Å²) in [6.07, 6.45) is 4.15. The summed E-state index contributed by atoms with van der Waals surface area (Å²) < 4.78 is 2.21. The topological polar surface area (TPSA) is 69.6 Å². The van der Waals surface area contributed by atoms with Crippen LogP contribution >= 0.6 is 11.6 Å². The molecule has 0 bridgehead atoms. The fourth-order valence-corrected chi connectivity index (χ4v) is 4.19. The third-order valence-electron chi connectivity index (χ3n) is 5.34. The highest BCUT2D eigenvalue weighted by Gasteiger charge is 2.54. The first-order valence-corrected chi connectivity index (χ1v) is 9.51. The molecule has 6 nitrogen and oxygen atoms in total.